The maximum absolute atomic E-state index is 12.1. The zero-order valence-electron chi connectivity index (χ0n) is 12.0. The Morgan fingerprint density at radius 2 is 1.83 bits per heavy atom. The van der Waals surface area contributed by atoms with Gasteiger partial charge in [-0.2, -0.15) is 0 Å². The second kappa shape index (κ2) is 7.20. The van der Waals surface area contributed by atoms with Crippen LogP contribution in [0.5, 0.6) is 0 Å². The van der Waals surface area contributed by atoms with Crippen LogP contribution in [0.1, 0.15) is 56.0 Å². The van der Waals surface area contributed by atoms with E-state index in [9.17, 15) is 4.79 Å². The van der Waals surface area contributed by atoms with E-state index in [1.54, 1.807) is 0 Å². The van der Waals surface area contributed by atoms with Crippen molar-refractivity contribution in [3.8, 4) is 0 Å². The number of amides is 1. The molecule has 0 bridgehead atoms. The van der Waals surface area contributed by atoms with Crippen molar-refractivity contribution in [2.24, 2.45) is 5.92 Å². The highest BCUT2D eigenvalue weighted by Gasteiger charge is 2.11. The van der Waals surface area contributed by atoms with Crippen LogP contribution in [0.2, 0.25) is 0 Å². The predicted octanol–water partition coefficient (Wildman–Crippen LogP) is 3.94. The Hall–Kier alpha value is -1.31. The van der Waals surface area contributed by atoms with E-state index in [1.165, 1.54) is 12.8 Å². The molecule has 0 aliphatic carbocycles. The van der Waals surface area contributed by atoms with Gasteiger partial charge in [0.05, 0.1) is 0 Å². The summed E-state index contributed by atoms with van der Waals surface area (Å²) in [4.78, 5) is 12.1. The molecule has 0 aliphatic heterocycles. The van der Waals surface area contributed by atoms with E-state index in [1.807, 2.05) is 31.2 Å². The lowest BCUT2D eigenvalue weighted by Crippen LogP contribution is -2.32. The van der Waals surface area contributed by atoms with Crippen LogP contribution in [-0.4, -0.2) is 11.9 Å². The van der Waals surface area contributed by atoms with Crippen LogP contribution in [0.4, 0.5) is 0 Å². The Morgan fingerprint density at radius 3 is 2.44 bits per heavy atom. The highest BCUT2D eigenvalue weighted by molar-refractivity contribution is 5.95. The van der Waals surface area contributed by atoms with Crippen molar-refractivity contribution in [2.45, 2.75) is 53.0 Å². The van der Waals surface area contributed by atoms with Gasteiger partial charge in [0.25, 0.3) is 5.91 Å². The topological polar surface area (TPSA) is 29.1 Å². The van der Waals surface area contributed by atoms with E-state index < -0.39 is 0 Å². The number of carbonyl (C=O) groups is 1. The molecule has 0 heterocycles. The van der Waals surface area contributed by atoms with Crippen molar-refractivity contribution < 1.29 is 4.79 Å². The summed E-state index contributed by atoms with van der Waals surface area (Å²) in [5.41, 5.74) is 1.82. The lowest BCUT2D eigenvalue weighted by atomic mass is 10.0. The average molecular weight is 247 g/mol. The Labute approximate surface area is 111 Å². The van der Waals surface area contributed by atoms with Gasteiger partial charge in [-0.25, -0.2) is 0 Å². The molecule has 1 amide bonds. The Kier molecular flexibility index (Phi) is 5.90. The van der Waals surface area contributed by atoms with Crippen molar-refractivity contribution in [3.63, 3.8) is 0 Å². The molecule has 1 atom stereocenters. The molecule has 1 aromatic carbocycles. The average Bonchev–Trinajstić information content (AvgIpc) is 2.28. The Bertz CT molecular complexity index is 384. The molecule has 1 rings (SSSR count). The van der Waals surface area contributed by atoms with E-state index in [4.69, 9.17) is 0 Å². The third kappa shape index (κ3) is 4.91. The molecule has 18 heavy (non-hydrogen) atoms. The number of hydrogen-bond acceptors (Lipinski definition) is 1. The molecule has 0 radical (unpaired) electrons. The molecule has 2 heteroatoms. The summed E-state index contributed by atoms with van der Waals surface area (Å²) >= 11 is 0. The minimum atomic E-state index is 0.0464. The van der Waals surface area contributed by atoms with Crippen molar-refractivity contribution in [1.82, 2.24) is 5.32 Å². The van der Waals surface area contributed by atoms with E-state index in [0.717, 1.165) is 23.5 Å². The van der Waals surface area contributed by atoms with Gasteiger partial charge in [-0.05, 0) is 37.8 Å². The molecular weight excluding hydrogens is 222 g/mol. The summed E-state index contributed by atoms with van der Waals surface area (Å²) in [6.45, 7) is 8.52. The third-order valence-electron chi connectivity index (χ3n) is 3.19. The summed E-state index contributed by atoms with van der Waals surface area (Å²) in [6, 6.07) is 7.96. The monoisotopic (exact) mass is 247 g/mol. The SMILES string of the molecule is Cc1ccccc1C(=O)N[C@H](C)CCCC(C)C. The standard InChI is InChI=1S/C16H25NO/c1-12(2)8-7-10-14(4)17-16(18)15-11-6-5-9-13(15)3/h5-6,9,11-12,14H,7-8,10H2,1-4H3,(H,17,18)/t14-/m1/s1. The molecule has 0 fully saturated rings. The lowest BCUT2D eigenvalue weighted by Gasteiger charge is -2.15. The van der Waals surface area contributed by atoms with Gasteiger partial charge in [-0.3, -0.25) is 4.79 Å². The fraction of sp³-hybridized carbons (Fsp3) is 0.562. The van der Waals surface area contributed by atoms with Crippen LogP contribution in [0.3, 0.4) is 0 Å². The first-order chi connectivity index (χ1) is 8.50. The summed E-state index contributed by atoms with van der Waals surface area (Å²) < 4.78 is 0. The van der Waals surface area contributed by atoms with Crippen LogP contribution in [0.25, 0.3) is 0 Å². The van der Waals surface area contributed by atoms with Crippen molar-refractivity contribution in [2.75, 3.05) is 0 Å². The first-order valence-corrected chi connectivity index (χ1v) is 6.87. The van der Waals surface area contributed by atoms with Gasteiger partial charge in [0, 0.05) is 11.6 Å². The van der Waals surface area contributed by atoms with Crippen LogP contribution in [0.15, 0.2) is 24.3 Å². The Balaban J connectivity index is 2.43. The van der Waals surface area contributed by atoms with E-state index in [0.29, 0.717) is 0 Å². The summed E-state index contributed by atoms with van der Waals surface area (Å²) in [6.07, 6.45) is 3.45. The quantitative estimate of drug-likeness (QED) is 0.810. The zero-order valence-corrected chi connectivity index (χ0v) is 12.0. The summed E-state index contributed by atoms with van der Waals surface area (Å²) in [5.74, 6) is 0.786. The molecule has 100 valence electrons. The number of rotatable bonds is 6. The first-order valence-electron chi connectivity index (χ1n) is 6.87. The van der Waals surface area contributed by atoms with Gasteiger partial charge in [0.15, 0.2) is 0 Å². The molecule has 0 spiro atoms. The fourth-order valence-electron chi connectivity index (χ4n) is 2.03. The fourth-order valence-corrected chi connectivity index (χ4v) is 2.03. The van der Waals surface area contributed by atoms with Gasteiger partial charge >= 0.3 is 0 Å². The largest absolute Gasteiger partial charge is 0.350 e. The lowest BCUT2D eigenvalue weighted by molar-refractivity contribution is 0.0937. The van der Waals surface area contributed by atoms with Crippen molar-refractivity contribution in [1.29, 1.82) is 0 Å². The third-order valence-corrected chi connectivity index (χ3v) is 3.19. The highest BCUT2D eigenvalue weighted by atomic mass is 16.1. The predicted molar refractivity (Wildman–Crippen MR) is 76.8 cm³/mol. The molecule has 1 aromatic rings. The number of nitrogens with one attached hydrogen (secondary N) is 1. The van der Waals surface area contributed by atoms with E-state index in [-0.39, 0.29) is 11.9 Å². The number of benzene rings is 1. The molecule has 0 unspecified atom stereocenters. The minimum Gasteiger partial charge on any atom is -0.350 e. The second-order valence-electron chi connectivity index (χ2n) is 5.51. The highest BCUT2D eigenvalue weighted by Crippen LogP contribution is 2.10. The molecule has 0 saturated heterocycles. The van der Waals surface area contributed by atoms with E-state index >= 15 is 0 Å². The normalized spacial score (nSPS) is 12.5. The molecule has 0 saturated carbocycles. The molecule has 1 N–H and O–H groups in total. The van der Waals surface area contributed by atoms with Gasteiger partial charge in [0.2, 0.25) is 0 Å². The van der Waals surface area contributed by atoms with Crippen LogP contribution in [-0.2, 0) is 0 Å². The van der Waals surface area contributed by atoms with Crippen molar-refractivity contribution >= 4 is 5.91 Å². The number of hydrogen-bond donors (Lipinski definition) is 1. The molecule has 2 nitrogen and oxygen atoms in total. The Morgan fingerprint density at radius 1 is 1.17 bits per heavy atom. The summed E-state index contributed by atoms with van der Waals surface area (Å²) in [7, 11) is 0. The zero-order chi connectivity index (χ0) is 13.5. The van der Waals surface area contributed by atoms with Crippen LogP contribution >= 0.6 is 0 Å². The smallest absolute Gasteiger partial charge is 0.251 e. The maximum atomic E-state index is 12.1. The molecule has 0 aromatic heterocycles. The second-order valence-corrected chi connectivity index (χ2v) is 5.51. The van der Waals surface area contributed by atoms with Crippen molar-refractivity contribution in [3.05, 3.63) is 35.4 Å². The van der Waals surface area contributed by atoms with E-state index in [2.05, 4.69) is 26.1 Å². The first kappa shape index (κ1) is 14.7. The number of carbonyl (C=O) groups excluding carboxylic acids is 1. The van der Waals surface area contributed by atoms with Crippen LogP contribution < -0.4 is 5.32 Å². The minimum absolute atomic E-state index is 0.0464. The maximum Gasteiger partial charge on any atom is 0.251 e. The number of aryl methyl sites for hydroxylation is 1. The van der Waals surface area contributed by atoms with Gasteiger partial charge in [-0.1, -0.05) is 44.9 Å². The molecular formula is C16H25NO. The van der Waals surface area contributed by atoms with Gasteiger partial charge < -0.3 is 5.32 Å². The van der Waals surface area contributed by atoms with Gasteiger partial charge in [-0.15, -0.1) is 0 Å². The van der Waals surface area contributed by atoms with Crippen LogP contribution in [0, 0.1) is 12.8 Å². The summed E-state index contributed by atoms with van der Waals surface area (Å²) in [5, 5.41) is 3.07. The molecule has 0 aliphatic rings. The van der Waals surface area contributed by atoms with Gasteiger partial charge in [0.1, 0.15) is 0 Å².